The fraction of sp³-hybridized carbons (Fsp3) is 0.480. The SMILES string of the molecule is CC[C@H](NC(=O)[C@@H]1CCCN(S(=O)(=O)c2ccc(F)cc2)C1)c1ccc2c(c1)CCCC2. The standard InChI is InChI=1S/C25H31FN2O3S/c1-2-24(20-10-9-18-6-3-4-7-19(18)16-20)27-25(29)21-8-5-15-28(17-21)32(30,31)23-13-11-22(26)12-14-23/h9-14,16,21,24H,2-8,15,17H2,1H3,(H,27,29)/t21-,24+/m1/s1. The van der Waals surface area contributed by atoms with Crippen LogP contribution in [0.1, 0.15) is 61.8 Å². The van der Waals surface area contributed by atoms with Gasteiger partial charge in [-0.3, -0.25) is 4.79 Å². The van der Waals surface area contributed by atoms with Crippen molar-refractivity contribution < 1.29 is 17.6 Å². The third kappa shape index (κ3) is 4.89. The van der Waals surface area contributed by atoms with E-state index in [-0.39, 0.29) is 23.4 Å². The van der Waals surface area contributed by atoms with Crippen molar-refractivity contribution >= 4 is 15.9 Å². The fourth-order valence-corrected chi connectivity index (χ4v) is 6.33. The number of fused-ring (bicyclic) bond motifs is 1. The number of carbonyl (C=O) groups excluding carboxylic acids is 1. The highest BCUT2D eigenvalue weighted by Crippen LogP contribution is 2.28. The second kappa shape index (κ2) is 9.71. The van der Waals surface area contributed by atoms with Crippen molar-refractivity contribution in [2.24, 2.45) is 5.92 Å². The third-order valence-electron chi connectivity index (χ3n) is 6.71. The molecule has 7 heteroatoms. The Morgan fingerprint density at radius 2 is 1.81 bits per heavy atom. The van der Waals surface area contributed by atoms with Crippen LogP contribution in [0.3, 0.4) is 0 Å². The monoisotopic (exact) mass is 458 g/mol. The number of piperidine rings is 1. The lowest BCUT2D eigenvalue weighted by Crippen LogP contribution is -2.46. The predicted molar refractivity (Wildman–Crippen MR) is 122 cm³/mol. The Kier molecular flexibility index (Phi) is 6.96. The second-order valence-electron chi connectivity index (χ2n) is 8.86. The van der Waals surface area contributed by atoms with Crippen LogP contribution in [0.2, 0.25) is 0 Å². The van der Waals surface area contributed by atoms with Crippen molar-refractivity contribution in [2.75, 3.05) is 13.1 Å². The summed E-state index contributed by atoms with van der Waals surface area (Å²) in [6, 6.07) is 11.3. The average molecular weight is 459 g/mol. The van der Waals surface area contributed by atoms with E-state index in [1.54, 1.807) is 0 Å². The van der Waals surface area contributed by atoms with Crippen molar-refractivity contribution in [3.05, 3.63) is 65.0 Å². The number of nitrogens with one attached hydrogen (secondary N) is 1. The molecule has 2 aromatic carbocycles. The Bertz CT molecular complexity index is 1070. The fourth-order valence-electron chi connectivity index (χ4n) is 4.81. The number of nitrogens with zero attached hydrogens (tertiary/aromatic N) is 1. The maximum absolute atomic E-state index is 13.2. The van der Waals surface area contributed by atoms with Crippen LogP contribution >= 0.6 is 0 Å². The van der Waals surface area contributed by atoms with Crippen LogP contribution in [-0.4, -0.2) is 31.7 Å². The van der Waals surface area contributed by atoms with E-state index >= 15 is 0 Å². The van der Waals surface area contributed by atoms with E-state index in [0.29, 0.717) is 19.4 Å². The molecule has 1 heterocycles. The van der Waals surface area contributed by atoms with E-state index in [2.05, 4.69) is 30.4 Å². The number of halogens is 1. The summed E-state index contributed by atoms with van der Waals surface area (Å²) >= 11 is 0. The van der Waals surface area contributed by atoms with Crippen molar-refractivity contribution in [3.8, 4) is 0 Å². The maximum Gasteiger partial charge on any atom is 0.243 e. The molecular formula is C25H31FN2O3S. The lowest BCUT2D eigenvalue weighted by molar-refractivity contribution is -0.126. The first-order chi connectivity index (χ1) is 15.4. The van der Waals surface area contributed by atoms with Gasteiger partial charge in [0.05, 0.1) is 16.9 Å². The summed E-state index contributed by atoms with van der Waals surface area (Å²) in [5.41, 5.74) is 3.92. The normalized spacial score (nSPS) is 20.4. The summed E-state index contributed by atoms with van der Waals surface area (Å²) < 4.78 is 40.5. The summed E-state index contributed by atoms with van der Waals surface area (Å²) in [7, 11) is -3.76. The quantitative estimate of drug-likeness (QED) is 0.699. The highest BCUT2D eigenvalue weighted by atomic mass is 32.2. The highest BCUT2D eigenvalue weighted by molar-refractivity contribution is 7.89. The van der Waals surface area contributed by atoms with Crippen LogP contribution < -0.4 is 5.32 Å². The van der Waals surface area contributed by atoms with E-state index in [0.717, 1.165) is 37.0 Å². The van der Waals surface area contributed by atoms with Gasteiger partial charge in [-0.25, -0.2) is 12.8 Å². The molecule has 1 fully saturated rings. The zero-order chi connectivity index (χ0) is 22.7. The minimum Gasteiger partial charge on any atom is -0.349 e. The van der Waals surface area contributed by atoms with E-state index in [1.807, 2.05) is 0 Å². The topological polar surface area (TPSA) is 66.5 Å². The second-order valence-corrected chi connectivity index (χ2v) is 10.8. The highest BCUT2D eigenvalue weighted by Gasteiger charge is 2.34. The average Bonchev–Trinajstić information content (AvgIpc) is 2.82. The summed E-state index contributed by atoms with van der Waals surface area (Å²) in [6.07, 6.45) is 6.70. The van der Waals surface area contributed by atoms with Gasteiger partial charge in [0.2, 0.25) is 15.9 Å². The Balaban J connectivity index is 1.45. The molecule has 0 spiro atoms. The molecule has 2 aromatic rings. The summed E-state index contributed by atoms with van der Waals surface area (Å²) in [5, 5.41) is 3.17. The molecule has 1 amide bonds. The van der Waals surface area contributed by atoms with E-state index in [9.17, 15) is 17.6 Å². The Hall–Kier alpha value is -2.25. The molecule has 0 radical (unpaired) electrons. The summed E-state index contributed by atoms with van der Waals surface area (Å²) in [6.45, 7) is 2.56. The van der Waals surface area contributed by atoms with Gasteiger partial charge in [-0.05, 0) is 85.9 Å². The van der Waals surface area contributed by atoms with Crippen LogP contribution in [0.4, 0.5) is 4.39 Å². The van der Waals surface area contributed by atoms with Crippen molar-refractivity contribution in [3.63, 3.8) is 0 Å². The molecule has 2 aliphatic rings. The first-order valence-electron chi connectivity index (χ1n) is 11.6. The molecule has 5 nitrogen and oxygen atoms in total. The number of carbonyl (C=O) groups is 1. The Morgan fingerprint density at radius 1 is 1.09 bits per heavy atom. The molecule has 4 rings (SSSR count). The van der Waals surface area contributed by atoms with E-state index in [4.69, 9.17) is 0 Å². The zero-order valence-electron chi connectivity index (χ0n) is 18.5. The molecule has 0 unspecified atom stereocenters. The van der Waals surface area contributed by atoms with Gasteiger partial charge >= 0.3 is 0 Å². The Morgan fingerprint density at radius 3 is 2.53 bits per heavy atom. The molecule has 32 heavy (non-hydrogen) atoms. The Labute approximate surface area is 190 Å². The molecule has 0 saturated carbocycles. The summed E-state index contributed by atoms with van der Waals surface area (Å²) in [4.78, 5) is 13.2. The molecule has 0 bridgehead atoms. The van der Waals surface area contributed by atoms with E-state index < -0.39 is 21.8 Å². The van der Waals surface area contributed by atoms with Gasteiger partial charge < -0.3 is 5.32 Å². The molecule has 1 saturated heterocycles. The molecule has 172 valence electrons. The van der Waals surface area contributed by atoms with Gasteiger partial charge in [-0.2, -0.15) is 4.31 Å². The third-order valence-corrected chi connectivity index (χ3v) is 8.59. The van der Waals surface area contributed by atoms with Gasteiger partial charge in [0.1, 0.15) is 5.82 Å². The zero-order valence-corrected chi connectivity index (χ0v) is 19.3. The van der Waals surface area contributed by atoms with Crippen LogP contribution in [0.15, 0.2) is 47.4 Å². The van der Waals surface area contributed by atoms with Gasteiger partial charge in [0.15, 0.2) is 0 Å². The van der Waals surface area contributed by atoms with Gasteiger partial charge in [-0.1, -0.05) is 25.1 Å². The van der Waals surface area contributed by atoms with Gasteiger partial charge in [0, 0.05) is 13.1 Å². The number of benzene rings is 2. The number of hydrogen-bond donors (Lipinski definition) is 1. The van der Waals surface area contributed by atoms with Crippen molar-refractivity contribution in [1.82, 2.24) is 9.62 Å². The van der Waals surface area contributed by atoms with Crippen LogP contribution in [0, 0.1) is 11.7 Å². The minimum absolute atomic E-state index is 0.0560. The summed E-state index contributed by atoms with van der Waals surface area (Å²) in [5.74, 6) is -0.980. The number of hydrogen-bond acceptors (Lipinski definition) is 3. The molecular weight excluding hydrogens is 427 g/mol. The van der Waals surface area contributed by atoms with Gasteiger partial charge in [-0.15, -0.1) is 0 Å². The number of sulfonamides is 1. The van der Waals surface area contributed by atoms with Crippen LogP contribution in [0.5, 0.6) is 0 Å². The van der Waals surface area contributed by atoms with Crippen molar-refractivity contribution in [2.45, 2.75) is 62.8 Å². The predicted octanol–water partition coefficient (Wildman–Crippen LogP) is 4.37. The van der Waals surface area contributed by atoms with Crippen LogP contribution in [0.25, 0.3) is 0 Å². The molecule has 0 aromatic heterocycles. The lowest BCUT2D eigenvalue weighted by atomic mass is 9.88. The van der Waals surface area contributed by atoms with Crippen molar-refractivity contribution in [1.29, 1.82) is 0 Å². The molecule has 1 aliphatic carbocycles. The molecule has 2 atom stereocenters. The smallest absolute Gasteiger partial charge is 0.243 e. The first kappa shape index (κ1) is 22.9. The lowest BCUT2D eigenvalue weighted by Gasteiger charge is -2.32. The van der Waals surface area contributed by atoms with Crippen LogP contribution in [-0.2, 0) is 27.7 Å². The molecule has 1 N–H and O–H groups in total. The first-order valence-corrected chi connectivity index (χ1v) is 13.0. The number of aryl methyl sites for hydroxylation is 2. The maximum atomic E-state index is 13.2. The number of rotatable bonds is 6. The largest absolute Gasteiger partial charge is 0.349 e. The minimum atomic E-state index is -3.76. The number of amides is 1. The van der Waals surface area contributed by atoms with E-state index in [1.165, 1.54) is 40.4 Å². The van der Waals surface area contributed by atoms with Gasteiger partial charge in [0.25, 0.3) is 0 Å². The molecule has 1 aliphatic heterocycles.